The predicted molar refractivity (Wildman–Crippen MR) is 81.1 cm³/mol. The number of carbonyl (C=O) groups is 2. The summed E-state index contributed by atoms with van der Waals surface area (Å²) in [5, 5.41) is 15.0. The number of halogens is 1. The molecule has 1 rings (SSSR count). The fourth-order valence-corrected chi connectivity index (χ4v) is 2.60. The van der Waals surface area contributed by atoms with Crippen molar-refractivity contribution < 1.29 is 14.7 Å². The van der Waals surface area contributed by atoms with Crippen LogP contribution in [0.3, 0.4) is 0 Å². The molecule has 0 aliphatic carbocycles. The molecule has 0 bridgehead atoms. The summed E-state index contributed by atoms with van der Waals surface area (Å²) < 4.78 is 0. The molecule has 2 atom stereocenters. The number of carbonyl (C=O) groups excluding carboxylic acids is 1. The average Bonchev–Trinajstić information content (AvgIpc) is 2.35. The van der Waals surface area contributed by atoms with Gasteiger partial charge in [-0.3, -0.25) is 9.59 Å². The number of amides is 1. The first kappa shape index (κ1) is 19.2. The quantitative estimate of drug-likeness (QED) is 0.670. The molecule has 0 aromatic carbocycles. The van der Waals surface area contributed by atoms with Gasteiger partial charge in [-0.05, 0) is 37.6 Å². The van der Waals surface area contributed by atoms with Crippen molar-refractivity contribution in [2.24, 2.45) is 11.8 Å². The van der Waals surface area contributed by atoms with E-state index in [2.05, 4.69) is 24.5 Å². The minimum Gasteiger partial charge on any atom is -0.481 e. The third kappa shape index (κ3) is 7.70. The summed E-state index contributed by atoms with van der Waals surface area (Å²) in [7, 11) is 0. The second-order valence-electron chi connectivity index (χ2n) is 5.84. The first-order valence-corrected chi connectivity index (χ1v) is 7.22. The summed E-state index contributed by atoms with van der Waals surface area (Å²) in [5.41, 5.74) is 0. The van der Waals surface area contributed by atoms with Crippen LogP contribution in [0.2, 0.25) is 0 Å². The van der Waals surface area contributed by atoms with Gasteiger partial charge in [0.2, 0.25) is 5.91 Å². The van der Waals surface area contributed by atoms with Gasteiger partial charge in [0.15, 0.2) is 0 Å². The highest BCUT2D eigenvalue weighted by molar-refractivity contribution is 5.85. The lowest BCUT2D eigenvalue weighted by molar-refractivity contribution is -0.138. The fourth-order valence-electron chi connectivity index (χ4n) is 2.60. The fraction of sp³-hybridized carbons (Fsp3) is 0.857. The van der Waals surface area contributed by atoms with Crippen molar-refractivity contribution in [3.63, 3.8) is 0 Å². The summed E-state index contributed by atoms with van der Waals surface area (Å²) >= 11 is 0. The van der Waals surface area contributed by atoms with Crippen LogP contribution in [0.4, 0.5) is 0 Å². The number of nitrogens with one attached hydrogen (secondary N) is 2. The molecule has 0 aromatic heterocycles. The Hall–Kier alpha value is -0.810. The van der Waals surface area contributed by atoms with E-state index in [9.17, 15) is 9.59 Å². The second kappa shape index (κ2) is 10.00. The second-order valence-corrected chi connectivity index (χ2v) is 5.84. The monoisotopic (exact) mass is 306 g/mol. The van der Waals surface area contributed by atoms with Crippen molar-refractivity contribution in [3.8, 4) is 0 Å². The smallest absolute Gasteiger partial charge is 0.303 e. The maximum atomic E-state index is 12.0. The van der Waals surface area contributed by atoms with Crippen LogP contribution in [0.5, 0.6) is 0 Å². The van der Waals surface area contributed by atoms with E-state index in [0.29, 0.717) is 12.5 Å². The van der Waals surface area contributed by atoms with Gasteiger partial charge in [-0.2, -0.15) is 0 Å². The summed E-state index contributed by atoms with van der Waals surface area (Å²) in [4.78, 5) is 22.8. The number of aliphatic carboxylic acids is 1. The molecule has 0 spiro atoms. The molecule has 1 aliphatic heterocycles. The molecule has 0 aromatic rings. The molecule has 20 heavy (non-hydrogen) atoms. The van der Waals surface area contributed by atoms with E-state index in [-0.39, 0.29) is 36.7 Å². The van der Waals surface area contributed by atoms with Gasteiger partial charge in [-0.15, -0.1) is 12.4 Å². The van der Waals surface area contributed by atoms with Gasteiger partial charge in [0.1, 0.15) is 0 Å². The molecular weight excluding hydrogens is 280 g/mol. The van der Waals surface area contributed by atoms with Crippen LogP contribution in [0, 0.1) is 11.8 Å². The molecule has 1 fully saturated rings. The third-order valence-corrected chi connectivity index (χ3v) is 3.46. The first-order valence-electron chi connectivity index (χ1n) is 7.22. The lowest BCUT2D eigenvalue weighted by Crippen LogP contribution is -2.47. The van der Waals surface area contributed by atoms with Crippen LogP contribution in [0.15, 0.2) is 0 Å². The van der Waals surface area contributed by atoms with Crippen molar-refractivity contribution in [1.29, 1.82) is 0 Å². The summed E-state index contributed by atoms with van der Waals surface area (Å²) in [6, 6.07) is -0.0988. The standard InChI is InChI=1S/C14H26N2O3.ClH/c1-10(2)7-11(8-13(17)18)9-16-14(19)12-5-3-4-6-15-12;/h10-12,15H,3-9H2,1-2H3,(H,16,19)(H,17,18);1H. The molecule has 2 unspecified atom stereocenters. The lowest BCUT2D eigenvalue weighted by Gasteiger charge is -2.24. The molecule has 118 valence electrons. The highest BCUT2D eigenvalue weighted by atomic mass is 35.5. The maximum Gasteiger partial charge on any atom is 0.303 e. The summed E-state index contributed by atoms with van der Waals surface area (Å²) in [5.74, 6) is -0.325. The predicted octanol–water partition coefficient (Wildman–Crippen LogP) is 1.80. The summed E-state index contributed by atoms with van der Waals surface area (Å²) in [6.45, 7) is 5.49. The Labute approximate surface area is 127 Å². The van der Waals surface area contributed by atoms with Crippen LogP contribution >= 0.6 is 12.4 Å². The highest BCUT2D eigenvalue weighted by Crippen LogP contribution is 2.15. The van der Waals surface area contributed by atoms with Crippen molar-refractivity contribution in [1.82, 2.24) is 10.6 Å². The largest absolute Gasteiger partial charge is 0.481 e. The van der Waals surface area contributed by atoms with Gasteiger partial charge >= 0.3 is 5.97 Å². The Kier molecular flexibility index (Phi) is 9.59. The zero-order chi connectivity index (χ0) is 14.3. The highest BCUT2D eigenvalue weighted by Gasteiger charge is 2.22. The third-order valence-electron chi connectivity index (χ3n) is 3.46. The molecule has 0 saturated carbocycles. The molecule has 1 aliphatic rings. The van der Waals surface area contributed by atoms with Gasteiger partial charge in [0.25, 0.3) is 0 Å². The van der Waals surface area contributed by atoms with Crippen LogP contribution in [-0.2, 0) is 9.59 Å². The van der Waals surface area contributed by atoms with Gasteiger partial charge in [0, 0.05) is 13.0 Å². The molecule has 5 nitrogen and oxygen atoms in total. The van der Waals surface area contributed by atoms with E-state index in [1.165, 1.54) is 0 Å². The van der Waals surface area contributed by atoms with Gasteiger partial charge in [0.05, 0.1) is 6.04 Å². The van der Waals surface area contributed by atoms with Crippen LogP contribution in [-0.4, -0.2) is 36.1 Å². The maximum absolute atomic E-state index is 12.0. The molecule has 0 radical (unpaired) electrons. The van der Waals surface area contributed by atoms with Crippen LogP contribution < -0.4 is 10.6 Å². The number of carboxylic acids is 1. The topological polar surface area (TPSA) is 78.4 Å². The number of rotatable bonds is 7. The molecule has 1 saturated heterocycles. The number of carboxylic acid groups (broad SMARTS) is 1. The molecule has 3 N–H and O–H groups in total. The Bertz CT molecular complexity index is 305. The van der Waals surface area contributed by atoms with Crippen molar-refractivity contribution in [2.45, 2.75) is 52.0 Å². The van der Waals surface area contributed by atoms with Crippen LogP contribution in [0.1, 0.15) is 46.0 Å². The first-order chi connectivity index (χ1) is 8.99. The van der Waals surface area contributed by atoms with Crippen molar-refractivity contribution >= 4 is 24.3 Å². The Balaban J connectivity index is 0.00000361. The molecular formula is C14H27ClN2O3. The van der Waals surface area contributed by atoms with E-state index >= 15 is 0 Å². The SMILES string of the molecule is CC(C)CC(CNC(=O)C1CCCCN1)CC(=O)O.Cl. The Morgan fingerprint density at radius 3 is 2.55 bits per heavy atom. The van der Waals surface area contributed by atoms with Gasteiger partial charge in [-0.25, -0.2) is 0 Å². The molecule has 1 amide bonds. The van der Waals surface area contributed by atoms with E-state index in [1.807, 2.05) is 0 Å². The number of piperidine rings is 1. The van der Waals surface area contributed by atoms with E-state index in [4.69, 9.17) is 5.11 Å². The normalized spacial score (nSPS) is 20.1. The van der Waals surface area contributed by atoms with Crippen molar-refractivity contribution in [2.75, 3.05) is 13.1 Å². The van der Waals surface area contributed by atoms with Crippen molar-refractivity contribution in [3.05, 3.63) is 0 Å². The van der Waals surface area contributed by atoms with E-state index in [1.54, 1.807) is 0 Å². The van der Waals surface area contributed by atoms with E-state index in [0.717, 1.165) is 32.2 Å². The Morgan fingerprint density at radius 1 is 1.35 bits per heavy atom. The number of hydrogen-bond donors (Lipinski definition) is 3. The minimum atomic E-state index is -0.796. The minimum absolute atomic E-state index is 0. The zero-order valence-electron chi connectivity index (χ0n) is 12.4. The average molecular weight is 307 g/mol. The van der Waals surface area contributed by atoms with Crippen LogP contribution in [0.25, 0.3) is 0 Å². The van der Waals surface area contributed by atoms with E-state index < -0.39 is 5.97 Å². The number of hydrogen-bond acceptors (Lipinski definition) is 3. The molecule has 1 heterocycles. The zero-order valence-corrected chi connectivity index (χ0v) is 13.2. The van der Waals surface area contributed by atoms with Gasteiger partial charge in [-0.1, -0.05) is 20.3 Å². The Morgan fingerprint density at radius 2 is 2.05 bits per heavy atom. The lowest BCUT2D eigenvalue weighted by atomic mass is 9.94. The molecule has 6 heteroatoms. The van der Waals surface area contributed by atoms with Gasteiger partial charge < -0.3 is 15.7 Å². The summed E-state index contributed by atoms with van der Waals surface area (Å²) in [6.07, 6.45) is 4.02.